The Bertz CT molecular complexity index is 530. The van der Waals surface area contributed by atoms with E-state index >= 15 is 0 Å². The molecule has 0 aromatic heterocycles. The van der Waals surface area contributed by atoms with Crippen molar-refractivity contribution in [3.8, 4) is 0 Å². The molecule has 0 aliphatic carbocycles. The Hall–Kier alpha value is -1.27. The van der Waals surface area contributed by atoms with E-state index in [9.17, 15) is 13.2 Å². The number of sulfonamides is 1. The van der Waals surface area contributed by atoms with Crippen LogP contribution in [0.5, 0.6) is 0 Å². The lowest BCUT2D eigenvalue weighted by molar-refractivity contribution is -0.138. The van der Waals surface area contributed by atoms with Gasteiger partial charge in [0.15, 0.2) is 0 Å². The molecule has 0 aliphatic heterocycles. The summed E-state index contributed by atoms with van der Waals surface area (Å²) in [5, 5.41) is 0.262. The van der Waals surface area contributed by atoms with Crippen LogP contribution in [0, 0.1) is 0 Å². The molecule has 0 fully saturated rings. The van der Waals surface area contributed by atoms with E-state index in [1.165, 1.54) is 14.0 Å². The number of halogens is 1. The van der Waals surface area contributed by atoms with Crippen LogP contribution in [0.4, 0.5) is 5.69 Å². The Balaban J connectivity index is 3.22. The highest BCUT2D eigenvalue weighted by Crippen LogP contribution is 2.27. The number of methoxy groups -OCH3 is 1. The van der Waals surface area contributed by atoms with Crippen molar-refractivity contribution < 1.29 is 17.9 Å². The number of carbonyl (C=O) groups is 1. The third-order valence-electron chi connectivity index (χ3n) is 2.32. The molecule has 0 spiro atoms. The minimum Gasteiger partial charge on any atom is -0.468 e. The van der Waals surface area contributed by atoms with E-state index in [1.54, 1.807) is 24.3 Å². The number of rotatable bonds is 5. The van der Waals surface area contributed by atoms with E-state index in [-0.39, 0.29) is 16.5 Å². The van der Waals surface area contributed by atoms with Crippen LogP contribution in [0.2, 0.25) is 5.02 Å². The molecule has 0 amide bonds. The standard InChI is InChI=1S/C11H14ClNO4S/c1-3-18(15,16)13(8-11(14)17-2)10-7-5-4-6-9(10)12/h4-7H,3,8H2,1-2H3. The van der Waals surface area contributed by atoms with Crippen LogP contribution in [-0.2, 0) is 19.6 Å². The van der Waals surface area contributed by atoms with Crippen molar-refractivity contribution in [1.82, 2.24) is 0 Å². The maximum atomic E-state index is 12.0. The van der Waals surface area contributed by atoms with Crippen LogP contribution < -0.4 is 4.31 Å². The van der Waals surface area contributed by atoms with Crippen LogP contribution in [0.25, 0.3) is 0 Å². The molecule has 0 unspecified atom stereocenters. The molecular formula is C11H14ClNO4S. The highest BCUT2D eigenvalue weighted by Gasteiger charge is 2.25. The highest BCUT2D eigenvalue weighted by molar-refractivity contribution is 7.92. The summed E-state index contributed by atoms with van der Waals surface area (Å²) in [7, 11) is -2.39. The van der Waals surface area contributed by atoms with Crippen molar-refractivity contribution in [3.63, 3.8) is 0 Å². The quantitative estimate of drug-likeness (QED) is 0.774. The Kier molecular flexibility index (Phi) is 4.98. The van der Waals surface area contributed by atoms with Crippen LogP contribution in [0.15, 0.2) is 24.3 Å². The molecule has 0 aliphatic rings. The topological polar surface area (TPSA) is 63.7 Å². The van der Waals surface area contributed by atoms with Gasteiger partial charge in [-0.05, 0) is 19.1 Å². The molecule has 100 valence electrons. The minimum absolute atomic E-state index is 0.130. The lowest BCUT2D eigenvalue weighted by atomic mass is 10.3. The molecule has 1 aromatic rings. The van der Waals surface area contributed by atoms with E-state index in [4.69, 9.17) is 11.6 Å². The van der Waals surface area contributed by atoms with Gasteiger partial charge in [-0.3, -0.25) is 9.10 Å². The summed E-state index contributed by atoms with van der Waals surface area (Å²) in [6.45, 7) is 1.10. The normalized spacial score (nSPS) is 11.1. The van der Waals surface area contributed by atoms with Gasteiger partial charge in [0.25, 0.3) is 0 Å². The number of carbonyl (C=O) groups excluding carboxylic acids is 1. The van der Waals surface area contributed by atoms with Crippen molar-refractivity contribution in [2.75, 3.05) is 23.7 Å². The van der Waals surface area contributed by atoms with Gasteiger partial charge in [-0.15, -0.1) is 0 Å². The van der Waals surface area contributed by atoms with Gasteiger partial charge in [0.05, 0.1) is 23.6 Å². The number of hydrogen-bond acceptors (Lipinski definition) is 4. The number of benzene rings is 1. The molecule has 0 bridgehead atoms. The zero-order valence-electron chi connectivity index (χ0n) is 10.1. The summed E-state index contributed by atoms with van der Waals surface area (Å²) < 4.78 is 29.4. The smallest absolute Gasteiger partial charge is 0.326 e. The fourth-order valence-electron chi connectivity index (χ4n) is 1.32. The lowest BCUT2D eigenvalue weighted by Gasteiger charge is -2.23. The first kappa shape index (κ1) is 14.8. The predicted molar refractivity (Wildman–Crippen MR) is 70.3 cm³/mol. The van der Waals surface area contributed by atoms with Gasteiger partial charge in [-0.2, -0.15) is 0 Å². The van der Waals surface area contributed by atoms with E-state index in [0.29, 0.717) is 0 Å². The molecule has 7 heteroatoms. The third-order valence-corrected chi connectivity index (χ3v) is 4.37. The molecule has 1 rings (SSSR count). The van der Waals surface area contributed by atoms with Gasteiger partial charge >= 0.3 is 5.97 Å². The van der Waals surface area contributed by atoms with E-state index < -0.39 is 22.5 Å². The SMILES string of the molecule is CCS(=O)(=O)N(CC(=O)OC)c1ccccc1Cl. The first-order valence-electron chi connectivity index (χ1n) is 5.24. The van der Waals surface area contributed by atoms with E-state index in [2.05, 4.69) is 4.74 Å². The molecule has 1 aromatic carbocycles. The maximum absolute atomic E-state index is 12.0. The lowest BCUT2D eigenvalue weighted by Crippen LogP contribution is -2.37. The van der Waals surface area contributed by atoms with Crippen molar-refractivity contribution in [2.24, 2.45) is 0 Å². The Morgan fingerprint density at radius 3 is 2.50 bits per heavy atom. The summed E-state index contributed by atoms with van der Waals surface area (Å²) >= 11 is 5.95. The number of hydrogen-bond donors (Lipinski definition) is 0. The molecular weight excluding hydrogens is 278 g/mol. The summed E-state index contributed by atoms with van der Waals surface area (Å²) in [6, 6.07) is 6.43. The summed E-state index contributed by atoms with van der Waals surface area (Å²) in [5.74, 6) is -0.776. The van der Waals surface area contributed by atoms with E-state index in [0.717, 1.165) is 4.31 Å². The molecule has 0 saturated carbocycles. The molecule has 0 atom stereocenters. The molecule has 0 N–H and O–H groups in total. The Morgan fingerprint density at radius 2 is 2.00 bits per heavy atom. The van der Waals surface area contributed by atoms with Crippen molar-refractivity contribution >= 4 is 33.3 Å². The third kappa shape index (κ3) is 3.36. The number of esters is 1. The second kappa shape index (κ2) is 6.06. The Morgan fingerprint density at radius 1 is 1.39 bits per heavy atom. The number of anilines is 1. The van der Waals surface area contributed by atoms with Crippen LogP contribution in [0.1, 0.15) is 6.92 Å². The fraction of sp³-hybridized carbons (Fsp3) is 0.364. The number of nitrogens with zero attached hydrogens (tertiary/aromatic N) is 1. The monoisotopic (exact) mass is 291 g/mol. The average molecular weight is 292 g/mol. The summed E-state index contributed by atoms with van der Waals surface area (Å²) in [5.41, 5.74) is 0.270. The van der Waals surface area contributed by atoms with Crippen LogP contribution in [-0.4, -0.2) is 33.8 Å². The van der Waals surface area contributed by atoms with Gasteiger partial charge in [0.2, 0.25) is 10.0 Å². The van der Waals surface area contributed by atoms with Crippen molar-refractivity contribution in [3.05, 3.63) is 29.3 Å². The largest absolute Gasteiger partial charge is 0.468 e. The highest BCUT2D eigenvalue weighted by atomic mass is 35.5. The molecule has 0 heterocycles. The van der Waals surface area contributed by atoms with Gasteiger partial charge in [-0.1, -0.05) is 23.7 Å². The van der Waals surface area contributed by atoms with Crippen molar-refractivity contribution in [2.45, 2.75) is 6.92 Å². The van der Waals surface area contributed by atoms with Gasteiger partial charge in [0, 0.05) is 0 Å². The second-order valence-electron chi connectivity index (χ2n) is 3.43. The van der Waals surface area contributed by atoms with Crippen LogP contribution in [0.3, 0.4) is 0 Å². The number of para-hydroxylation sites is 1. The summed E-state index contributed by atoms with van der Waals surface area (Å²) in [4.78, 5) is 11.3. The minimum atomic E-state index is -3.59. The predicted octanol–water partition coefficient (Wildman–Crippen LogP) is 1.67. The first-order valence-corrected chi connectivity index (χ1v) is 7.23. The molecule has 0 saturated heterocycles. The van der Waals surface area contributed by atoms with E-state index in [1.807, 2.05) is 0 Å². The van der Waals surface area contributed by atoms with Gasteiger partial charge in [-0.25, -0.2) is 8.42 Å². The second-order valence-corrected chi connectivity index (χ2v) is 6.02. The molecule has 0 radical (unpaired) electrons. The molecule has 18 heavy (non-hydrogen) atoms. The van der Waals surface area contributed by atoms with Crippen LogP contribution >= 0.6 is 11.6 Å². The van der Waals surface area contributed by atoms with Gasteiger partial charge in [0.1, 0.15) is 6.54 Å². The zero-order chi connectivity index (χ0) is 13.8. The first-order chi connectivity index (χ1) is 8.42. The number of ether oxygens (including phenoxy) is 1. The van der Waals surface area contributed by atoms with Gasteiger partial charge < -0.3 is 4.74 Å². The molecule has 5 nitrogen and oxygen atoms in total. The van der Waals surface area contributed by atoms with Crippen molar-refractivity contribution in [1.29, 1.82) is 0 Å². The zero-order valence-corrected chi connectivity index (χ0v) is 11.7. The fourth-order valence-corrected chi connectivity index (χ4v) is 2.69. The maximum Gasteiger partial charge on any atom is 0.326 e. The Labute approximate surface area is 111 Å². The summed E-state index contributed by atoms with van der Waals surface area (Å²) in [6.07, 6.45) is 0. The average Bonchev–Trinajstić information content (AvgIpc) is 2.36.